The van der Waals surface area contributed by atoms with Crippen LogP contribution in [0, 0.1) is 5.92 Å². The number of hydrogen-bond donors (Lipinski definition) is 2. The molecule has 1 saturated carbocycles. The predicted molar refractivity (Wildman–Crippen MR) is 71.5 cm³/mol. The highest BCUT2D eigenvalue weighted by atomic mass is 32.2. The molecule has 0 radical (unpaired) electrons. The minimum Gasteiger partial charge on any atom is -0.320 e. The van der Waals surface area contributed by atoms with E-state index in [1.807, 2.05) is 7.05 Å². The lowest BCUT2D eigenvalue weighted by Gasteiger charge is -2.21. The van der Waals surface area contributed by atoms with Crippen LogP contribution in [0.25, 0.3) is 0 Å². The van der Waals surface area contributed by atoms with Gasteiger partial charge in [0.15, 0.2) is 0 Å². The summed E-state index contributed by atoms with van der Waals surface area (Å²) in [6.45, 7) is 1.53. The molecule has 1 rings (SSSR count). The van der Waals surface area contributed by atoms with Gasteiger partial charge >= 0.3 is 0 Å². The maximum atomic E-state index is 11.7. The van der Waals surface area contributed by atoms with E-state index >= 15 is 0 Å². The monoisotopic (exact) mass is 262 g/mol. The number of unbranched alkanes of at least 4 members (excludes halogenated alkanes) is 1. The molecule has 5 heteroatoms. The standard InChI is InChI=1S/C12H26N2O2S/c1-13-9-5-6-10-17(15,16)14-11-12-7-3-2-4-8-12/h12-14H,2-11H2,1H3. The largest absolute Gasteiger partial charge is 0.320 e. The fourth-order valence-electron chi connectivity index (χ4n) is 2.30. The highest BCUT2D eigenvalue weighted by molar-refractivity contribution is 7.89. The zero-order chi connectivity index (χ0) is 12.6. The SMILES string of the molecule is CNCCCCS(=O)(=O)NCC1CCCCC1. The van der Waals surface area contributed by atoms with Gasteiger partial charge in [0, 0.05) is 6.54 Å². The highest BCUT2D eigenvalue weighted by Crippen LogP contribution is 2.22. The van der Waals surface area contributed by atoms with Crippen molar-refractivity contribution in [2.75, 3.05) is 25.9 Å². The van der Waals surface area contributed by atoms with Crippen LogP contribution in [0.1, 0.15) is 44.9 Å². The van der Waals surface area contributed by atoms with Crippen LogP contribution in [0.5, 0.6) is 0 Å². The van der Waals surface area contributed by atoms with Gasteiger partial charge in [-0.3, -0.25) is 0 Å². The lowest BCUT2D eigenvalue weighted by Crippen LogP contribution is -2.32. The van der Waals surface area contributed by atoms with Gasteiger partial charge in [0.1, 0.15) is 0 Å². The molecule has 0 amide bonds. The van der Waals surface area contributed by atoms with Gasteiger partial charge in [-0.05, 0) is 45.2 Å². The zero-order valence-corrected chi connectivity index (χ0v) is 11.7. The van der Waals surface area contributed by atoms with Crippen molar-refractivity contribution >= 4 is 10.0 Å². The van der Waals surface area contributed by atoms with Gasteiger partial charge in [-0.2, -0.15) is 0 Å². The average Bonchev–Trinajstić information content (AvgIpc) is 2.34. The Balaban J connectivity index is 2.14. The maximum absolute atomic E-state index is 11.7. The molecule has 0 heterocycles. The first-order valence-electron chi connectivity index (χ1n) is 6.76. The van der Waals surface area contributed by atoms with E-state index in [4.69, 9.17) is 0 Å². The summed E-state index contributed by atoms with van der Waals surface area (Å²) in [4.78, 5) is 0. The number of hydrogen-bond acceptors (Lipinski definition) is 3. The molecule has 0 saturated heterocycles. The highest BCUT2D eigenvalue weighted by Gasteiger charge is 2.16. The summed E-state index contributed by atoms with van der Waals surface area (Å²) >= 11 is 0. The normalized spacial score (nSPS) is 18.4. The Morgan fingerprint density at radius 2 is 1.82 bits per heavy atom. The summed E-state index contributed by atoms with van der Waals surface area (Å²) < 4.78 is 26.2. The third kappa shape index (κ3) is 7.01. The summed E-state index contributed by atoms with van der Waals surface area (Å²) in [5.41, 5.74) is 0. The Hall–Kier alpha value is -0.130. The van der Waals surface area contributed by atoms with Gasteiger partial charge in [0.2, 0.25) is 10.0 Å². The molecule has 0 aromatic carbocycles. The first-order chi connectivity index (χ1) is 8.14. The van der Waals surface area contributed by atoms with E-state index in [1.165, 1.54) is 32.1 Å². The molecule has 0 bridgehead atoms. The predicted octanol–water partition coefficient (Wildman–Crippen LogP) is 1.49. The minimum atomic E-state index is -3.04. The molecule has 0 aromatic heterocycles. The van der Waals surface area contributed by atoms with Gasteiger partial charge in [0.25, 0.3) is 0 Å². The first kappa shape index (κ1) is 14.9. The second-order valence-electron chi connectivity index (χ2n) is 4.98. The molecule has 1 aliphatic rings. The Kier molecular flexibility index (Phi) is 7.08. The first-order valence-corrected chi connectivity index (χ1v) is 8.41. The van der Waals surface area contributed by atoms with Crippen LogP contribution >= 0.6 is 0 Å². The van der Waals surface area contributed by atoms with Gasteiger partial charge < -0.3 is 5.32 Å². The molecule has 0 atom stereocenters. The average molecular weight is 262 g/mol. The van der Waals surface area contributed by atoms with Crippen LogP contribution < -0.4 is 10.0 Å². The zero-order valence-electron chi connectivity index (χ0n) is 10.9. The van der Waals surface area contributed by atoms with E-state index in [2.05, 4.69) is 10.0 Å². The third-order valence-electron chi connectivity index (χ3n) is 3.41. The molecule has 102 valence electrons. The second kappa shape index (κ2) is 8.06. The summed E-state index contributed by atoms with van der Waals surface area (Å²) in [6, 6.07) is 0. The molecule has 17 heavy (non-hydrogen) atoms. The van der Waals surface area contributed by atoms with Crippen LogP contribution in [0.4, 0.5) is 0 Å². The summed E-state index contributed by atoms with van der Waals surface area (Å²) in [6.07, 6.45) is 7.85. The van der Waals surface area contributed by atoms with E-state index in [1.54, 1.807) is 0 Å². The smallest absolute Gasteiger partial charge is 0.211 e. The van der Waals surface area contributed by atoms with Gasteiger partial charge in [-0.15, -0.1) is 0 Å². The van der Waals surface area contributed by atoms with Crippen LogP contribution in [-0.2, 0) is 10.0 Å². The minimum absolute atomic E-state index is 0.265. The Labute approximate surface area is 106 Å². The molecule has 0 aromatic rings. The summed E-state index contributed by atoms with van der Waals surface area (Å²) in [5.74, 6) is 0.831. The topological polar surface area (TPSA) is 58.2 Å². The van der Waals surface area contributed by atoms with Crippen molar-refractivity contribution in [3.8, 4) is 0 Å². The van der Waals surface area contributed by atoms with Crippen molar-refractivity contribution in [2.24, 2.45) is 5.92 Å². The quantitative estimate of drug-likeness (QED) is 0.652. The van der Waals surface area contributed by atoms with Crippen molar-refractivity contribution in [1.82, 2.24) is 10.0 Å². The van der Waals surface area contributed by atoms with Crippen molar-refractivity contribution < 1.29 is 8.42 Å². The van der Waals surface area contributed by atoms with E-state index in [0.717, 1.165) is 19.4 Å². The van der Waals surface area contributed by atoms with Crippen LogP contribution in [0.2, 0.25) is 0 Å². The van der Waals surface area contributed by atoms with Gasteiger partial charge in [0.05, 0.1) is 5.75 Å². The van der Waals surface area contributed by atoms with E-state index in [0.29, 0.717) is 12.5 Å². The van der Waals surface area contributed by atoms with Gasteiger partial charge in [-0.1, -0.05) is 19.3 Å². The molecule has 0 spiro atoms. The van der Waals surface area contributed by atoms with Crippen molar-refractivity contribution in [3.63, 3.8) is 0 Å². The Morgan fingerprint density at radius 1 is 1.12 bits per heavy atom. The maximum Gasteiger partial charge on any atom is 0.211 e. The van der Waals surface area contributed by atoms with Crippen LogP contribution in [0.3, 0.4) is 0 Å². The fourth-order valence-corrected chi connectivity index (χ4v) is 3.52. The van der Waals surface area contributed by atoms with Crippen molar-refractivity contribution in [2.45, 2.75) is 44.9 Å². The third-order valence-corrected chi connectivity index (χ3v) is 4.84. The lowest BCUT2D eigenvalue weighted by molar-refractivity contribution is 0.357. The molecule has 4 nitrogen and oxygen atoms in total. The molecule has 1 aliphatic carbocycles. The van der Waals surface area contributed by atoms with Crippen molar-refractivity contribution in [1.29, 1.82) is 0 Å². The van der Waals surface area contributed by atoms with Crippen LogP contribution in [-0.4, -0.2) is 34.3 Å². The summed E-state index contributed by atoms with van der Waals surface area (Å²) in [7, 11) is -1.15. The second-order valence-corrected chi connectivity index (χ2v) is 6.91. The molecule has 1 fully saturated rings. The van der Waals surface area contributed by atoms with Crippen molar-refractivity contribution in [3.05, 3.63) is 0 Å². The van der Waals surface area contributed by atoms with Crippen LogP contribution in [0.15, 0.2) is 0 Å². The number of rotatable bonds is 8. The molecular weight excluding hydrogens is 236 g/mol. The molecular formula is C12H26N2O2S. The number of sulfonamides is 1. The molecule has 0 unspecified atom stereocenters. The number of nitrogens with one attached hydrogen (secondary N) is 2. The lowest BCUT2D eigenvalue weighted by atomic mass is 9.90. The van der Waals surface area contributed by atoms with E-state index in [-0.39, 0.29) is 5.75 Å². The molecule has 2 N–H and O–H groups in total. The van der Waals surface area contributed by atoms with E-state index in [9.17, 15) is 8.42 Å². The summed E-state index contributed by atoms with van der Waals surface area (Å²) in [5, 5.41) is 3.02. The van der Waals surface area contributed by atoms with Gasteiger partial charge in [-0.25, -0.2) is 13.1 Å². The Bertz CT molecular complexity index is 285. The molecule has 0 aliphatic heterocycles. The fraction of sp³-hybridized carbons (Fsp3) is 1.00. The van der Waals surface area contributed by atoms with E-state index < -0.39 is 10.0 Å². The Morgan fingerprint density at radius 3 is 2.47 bits per heavy atom.